The number of nitrogens with two attached hydrogens (primary N) is 1. The Labute approximate surface area is 131 Å². The van der Waals surface area contributed by atoms with E-state index < -0.39 is 0 Å². The second kappa shape index (κ2) is 7.72. The van der Waals surface area contributed by atoms with Crippen LogP contribution in [0.15, 0.2) is 9.41 Å². The van der Waals surface area contributed by atoms with Crippen molar-refractivity contribution < 1.29 is 4.42 Å². The minimum absolute atomic E-state index is 0. The average molecular weight is 378 g/mol. The van der Waals surface area contributed by atoms with Gasteiger partial charge >= 0.3 is 0 Å². The minimum atomic E-state index is 0. The molecule has 1 aliphatic rings. The van der Waals surface area contributed by atoms with E-state index in [0.717, 1.165) is 23.8 Å². The van der Waals surface area contributed by atoms with Crippen molar-refractivity contribution in [3.05, 3.63) is 17.3 Å². The van der Waals surface area contributed by atoms with E-state index in [9.17, 15) is 0 Å². The molecule has 6 heteroatoms. The predicted molar refractivity (Wildman–Crippen MR) is 86.8 cm³/mol. The van der Waals surface area contributed by atoms with Crippen LogP contribution in [-0.4, -0.2) is 17.0 Å². The lowest BCUT2D eigenvalue weighted by atomic mass is 10.2. The van der Waals surface area contributed by atoms with Gasteiger partial charge in [0.1, 0.15) is 12.3 Å². The summed E-state index contributed by atoms with van der Waals surface area (Å²) in [6, 6.07) is 0.496. The summed E-state index contributed by atoms with van der Waals surface area (Å²) < 4.78 is 5.58. The number of halogens is 1. The molecule has 3 N–H and O–H groups in total. The first-order valence-corrected chi connectivity index (χ1v) is 6.70. The minimum Gasteiger partial charge on any atom is -0.443 e. The third kappa shape index (κ3) is 4.67. The van der Waals surface area contributed by atoms with E-state index in [-0.39, 0.29) is 24.0 Å². The molecule has 0 aliphatic heterocycles. The normalized spacial score (nSPS) is 16.4. The topological polar surface area (TPSA) is 76.4 Å². The first-order valence-electron chi connectivity index (χ1n) is 6.70. The number of guanidine groups is 1. The zero-order valence-electron chi connectivity index (χ0n) is 11.6. The fraction of sp³-hybridized carbons (Fsp3) is 0.692. The van der Waals surface area contributed by atoms with Crippen molar-refractivity contribution in [3.63, 3.8) is 0 Å². The van der Waals surface area contributed by atoms with Gasteiger partial charge in [-0.15, -0.1) is 24.0 Å². The Bertz CT molecular complexity index is 424. The van der Waals surface area contributed by atoms with E-state index in [1.54, 1.807) is 0 Å². The van der Waals surface area contributed by atoms with E-state index in [4.69, 9.17) is 10.2 Å². The number of nitrogens with one attached hydrogen (secondary N) is 1. The third-order valence-electron chi connectivity index (χ3n) is 3.34. The molecule has 1 saturated carbocycles. The van der Waals surface area contributed by atoms with Crippen LogP contribution in [0, 0.1) is 6.92 Å². The highest BCUT2D eigenvalue weighted by molar-refractivity contribution is 14.0. The van der Waals surface area contributed by atoms with Crippen molar-refractivity contribution in [1.29, 1.82) is 0 Å². The van der Waals surface area contributed by atoms with Crippen molar-refractivity contribution in [3.8, 4) is 0 Å². The quantitative estimate of drug-likeness (QED) is 0.480. The number of nitrogens with zero attached hydrogens (tertiary/aromatic N) is 2. The molecule has 5 nitrogen and oxygen atoms in total. The molecule has 0 spiro atoms. The average Bonchev–Trinajstić information content (AvgIpc) is 2.96. The largest absolute Gasteiger partial charge is 0.443 e. The molecule has 0 amide bonds. The fourth-order valence-corrected chi connectivity index (χ4v) is 2.27. The Hall–Kier alpha value is -0.790. The number of aryl methyl sites for hydroxylation is 2. The molecule has 1 fully saturated rings. The maximum Gasteiger partial charge on any atom is 0.194 e. The van der Waals surface area contributed by atoms with Gasteiger partial charge in [-0.25, -0.2) is 9.98 Å². The van der Waals surface area contributed by atoms with Crippen LogP contribution in [0.4, 0.5) is 0 Å². The smallest absolute Gasteiger partial charge is 0.194 e. The first kappa shape index (κ1) is 16.3. The van der Waals surface area contributed by atoms with Gasteiger partial charge in [0.05, 0.1) is 5.69 Å². The summed E-state index contributed by atoms with van der Waals surface area (Å²) in [4.78, 5) is 8.63. The molecular formula is C13H23IN4O. The fourth-order valence-electron chi connectivity index (χ4n) is 2.27. The molecule has 0 saturated heterocycles. The molecule has 19 heavy (non-hydrogen) atoms. The molecular weight excluding hydrogens is 355 g/mol. The molecule has 0 bridgehead atoms. The zero-order chi connectivity index (χ0) is 13.0. The number of rotatable bonds is 4. The van der Waals surface area contributed by atoms with Gasteiger partial charge in [-0.2, -0.15) is 0 Å². The van der Waals surface area contributed by atoms with Gasteiger partial charge in [-0.1, -0.05) is 19.8 Å². The molecule has 108 valence electrons. The van der Waals surface area contributed by atoms with Gasteiger partial charge < -0.3 is 15.5 Å². The van der Waals surface area contributed by atoms with E-state index in [1.807, 2.05) is 13.8 Å². The third-order valence-corrected chi connectivity index (χ3v) is 3.34. The van der Waals surface area contributed by atoms with Crippen LogP contribution in [0.2, 0.25) is 0 Å². The van der Waals surface area contributed by atoms with E-state index >= 15 is 0 Å². The molecule has 1 aromatic rings. The lowest BCUT2D eigenvalue weighted by Crippen LogP contribution is -2.38. The summed E-state index contributed by atoms with van der Waals surface area (Å²) in [7, 11) is 0. The summed E-state index contributed by atoms with van der Waals surface area (Å²) in [5.41, 5.74) is 6.77. The Morgan fingerprint density at radius 2 is 2.16 bits per heavy atom. The van der Waals surface area contributed by atoms with Crippen molar-refractivity contribution in [1.82, 2.24) is 10.3 Å². The number of aromatic nitrogens is 1. The number of aliphatic imine (C=N–C) groups is 1. The summed E-state index contributed by atoms with van der Waals surface area (Å²) in [5, 5.41) is 3.26. The van der Waals surface area contributed by atoms with Crippen molar-refractivity contribution in [2.24, 2.45) is 10.7 Å². The highest BCUT2D eigenvalue weighted by atomic mass is 127. The van der Waals surface area contributed by atoms with Crippen molar-refractivity contribution >= 4 is 29.9 Å². The van der Waals surface area contributed by atoms with Gasteiger partial charge in [-0.3, -0.25) is 0 Å². The first-order chi connectivity index (χ1) is 8.69. The van der Waals surface area contributed by atoms with Gasteiger partial charge in [0.15, 0.2) is 11.9 Å². The van der Waals surface area contributed by atoms with Gasteiger partial charge in [0.25, 0.3) is 0 Å². The van der Waals surface area contributed by atoms with Crippen LogP contribution in [0.1, 0.15) is 50.0 Å². The van der Waals surface area contributed by atoms with Gasteiger partial charge in [0.2, 0.25) is 0 Å². The van der Waals surface area contributed by atoms with Crippen LogP contribution in [-0.2, 0) is 13.0 Å². The van der Waals surface area contributed by atoms with Crippen LogP contribution in [0.5, 0.6) is 0 Å². The highest BCUT2D eigenvalue weighted by Gasteiger charge is 2.15. The van der Waals surface area contributed by atoms with Crippen LogP contribution >= 0.6 is 24.0 Å². The van der Waals surface area contributed by atoms with Crippen LogP contribution in [0.3, 0.4) is 0 Å². The lowest BCUT2D eigenvalue weighted by Gasteiger charge is -2.11. The van der Waals surface area contributed by atoms with E-state index in [2.05, 4.69) is 15.3 Å². The summed E-state index contributed by atoms with van der Waals surface area (Å²) in [6.45, 7) is 4.42. The van der Waals surface area contributed by atoms with E-state index in [0.29, 0.717) is 18.5 Å². The Morgan fingerprint density at radius 3 is 2.74 bits per heavy atom. The lowest BCUT2D eigenvalue weighted by molar-refractivity contribution is 0.460. The van der Waals surface area contributed by atoms with Crippen LogP contribution in [0.25, 0.3) is 0 Å². The zero-order valence-corrected chi connectivity index (χ0v) is 13.9. The monoisotopic (exact) mass is 378 g/mol. The van der Waals surface area contributed by atoms with E-state index in [1.165, 1.54) is 25.7 Å². The van der Waals surface area contributed by atoms with Crippen molar-refractivity contribution in [2.75, 3.05) is 0 Å². The Kier molecular flexibility index (Phi) is 6.60. The molecule has 2 rings (SSSR count). The number of hydrogen-bond donors (Lipinski definition) is 2. The maximum atomic E-state index is 5.87. The molecule has 0 radical (unpaired) electrons. The standard InChI is InChI=1S/C13H22N4O.HI/c1-3-12-16-9(2)11(18-12)8-15-13(14)17-10-6-4-5-7-10;/h10H,3-8H2,1-2H3,(H3,14,15,17);1H. The predicted octanol–water partition coefficient (Wildman–Crippen LogP) is 2.51. The van der Waals surface area contributed by atoms with Crippen molar-refractivity contribution in [2.45, 2.75) is 58.5 Å². The Morgan fingerprint density at radius 1 is 1.47 bits per heavy atom. The molecule has 1 aromatic heterocycles. The highest BCUT2D eigenvalue weighted by Crippen LogP contribution is 2.17. The molecule has 0 atom stereocenters. The summed E-state index contributed by atoms with van der Waals surface area (Å²) >= 11 is 0. The van der Waals surface area contributed by atoms with Gasteiger partial charge in [0, 0.05) is 12.5 Å². The second-order valence-electron chi connectivity index (χ2n) is 4.80. The molecule has 1 aliphatic carbocycles. The number of hydrogen-bond acceptors (Lipinski definition) is 3. The molecule has 0 aromatic carbocycles. The molecule has 1 heterocycles. The Balaban J connectivity index is 0.00000180. The maximum absolute atomic E-state index is 5.87. The SMILES string of the molecule is CCc1nc(C)c(CN=C(N)NC2CCCC2)o1.I. The van der Waals surface area contributed by atoms with Gasteiger partial charge in [-0.05, 0) is 19.8 Å². The summed E-state index contributed by atoms with van der Waals surface area (Å²) in [5.74, 6) is 2.08. The number of oxazole rings is 1. The summed E-state index contributed by atoms with van der Waals surface area (Å²) in [6.07, 6.45) is 5.76. The van der Waals surface area contributed by atoms with Crippen LogP contribution < -0.4 is 11.1 Å². The second-order valence-corrected chi connectivity index (χ2v) is 4.80. The molecule has 0 unspecified atom stereocenters.